The van der Waals surface area contributed by atoms with E-state index in [-0.39, 0.29) is 5.91 Å². The number of nitrogens with one attached hydrogen (secondary N) is 1. The molecule has 0 saturated carbocycles. The molecule has 1 N–H and O–H groups in total. The summed E-state index contributed by atoms with van der Waals surface area (Å²) < 4.78 is 5.39. The van der Waals surface area contributed by atoms with Crippen molar-refractivity contribution in [2.75, 3.05) is 39.4 Å². The molecule has 2 aromatic carbocycles. The molecule has 0 aliphatic carbocycles. The van der Waals surface area contributed by atoms with Crippen LogP contribution in [0.1, 0.15) is 28.4 Å². The third kappa shape index (κ3) is 4.90. The third-order valence-corrected chi connectivity index (χ3v) is 6.30. The lowest BCUT2D eigenvalue weighted by Gasteiger charge is -2.26. The number of hydrogen-bond acceptors (Lipinski definition) is 4. The summed E-state index contributed by atoms with van der Waals surface area (Å²) in [6, 6.07) is 13.9. The number of carbonyl (C=O) groups excluding carboxylic acids is 1. The monoisotopic (exact) mass is 437 g/mol. The van der Waals surface area contributed by atoms with E-state index in [2.05, 4.69) is 41.4 Å². The molecule has 5 nitrogen and oxygen atoms in total. The molecule has 6 heteroatoms. The predicted molar refractivity (Wildman–Crippen MR) is 126 cm³/mol. The Labute approximate surface area is 188 Å². The van der Waals surface area contributed by atoms with Gasteiger partial charge in [-0.2, -0.15) is 0 Å². The highest BCUT2D eigenvalue weighted by Gasteiger charge is 2.17. The summed E-state index contributed by atoms with van der Waals surface area (Å²) in [7, 11) is 0. The first-order valence-electron chi connectivity index (χ1n) is 10.8. The molecule has 1 saturated heterocycles. The summed E-state index contributed by atoms with van der Waals surface area (Å²) in [5.41, 5.74) is 5.31. The summed E-state index contributed by atoms with van der Waals surface area (Å²) in [6.07, 6.45) is 0.983. The van der Waals surface area contributed by atoms with E-state index in [4.69, 9.17) is 21.3 Å². The van der Waals surface area contributed by atoms with Gasteiger partial charge in [0, 0.05) is 42.2 Å². The highest BCUT2D eigenvalue weighted by atomic mass is 35.5. The SMILES string of the molecule is CCc1ccc(-c2cc(C(=O)NCCN3CCOCC3)c3ccc(Cl)c(C)c3n2)cc1. The van der Waals surface area contributed by atoms with Gasteiger partial charge in [0.15, 0.2) is 0 Å². The molecule has 1 amide bonds. The van der Waals surface area contributed by atoms with Crippen molar-refractivity contribution < 1.29 is 9.53 Å². The number of nitrogens with zero attached hydrogens (tertiary/aromatic N) is 2. The standard InChI is InChI=1S/C25H28ClN3O2/c1-3-18-4-6-19(7-5-18)23-16-21(20-8-9-22(26)17(2)24(20)28-23)25(30)27-10-11-29-12-14-31-15-13-29/h4-9,16H,3,10-15H2,1-2H3,(H,27,30). The number of fused-ring (bicyclic) bond motifs is 1. The quantitative estimate of drug-likeness (QED) is 0.617. The summed E-state index contributed by atoms with van der Waals surface area (Å²) >= 11 is 6.37. The maximum atomic E-state index is 13.2. The molecule has 0 unspecified atom stereocenters. The average molecular weight is 438 g/mol. The first-order chi connectivity index (χ1) is 15.1. The summed E-state index contributed by atoms with van der Waals surface area (Å²) in [5.74, 6) is -0.0891. The molecule has 1 fully saturated rings. The van der Waals surface area contributed by atoms with Crippen molar-refractivity contribution >= 4 is 28.4 Å². The fraction of sp³-hybridized carbons (Fsp3) is 0.360. The van der Waals surface area contributed by atoms with Crippen molar-refractivity contribution in [3.8, 4) is 11.3 Å². The number of carbonyl (C=O) groups is 1. The van der Waals surface area contributed by atoms with Crippen LogP contribution < -0.4 is 5.32 Å². The van der Waals surface area contributed by atoms with Crippen LogP contribution in [0.25, 0.3) is 22.2 Å². The zero-order valence-corrected chi connectivity index (χ0v) is 18.8. The maximum Gasteiger partial charge on any atom is 0.252 e. The summed E-state index contributed by atoms with van der Waals surface area (Å²) in [6.45, 7) is 8.80. The van der Waals surface area contributed by atoms with Crippen LogP contribution in [-0.4, -0.2) is 55.2 Å². The van der Waals surface area contributed by atoms with Crippen LogP contribution in [0.5, 0.6) is 0 Å². The largest absolute Gasteiger partial charge is 0.379 e. The van der Waals surface area contributed by atoms with Gasteiger partial charge in [-0.1, -0.05) is 48.9 Å². The number of ether oxygens (including phenoxy) is 1. The van der Waals surface area contributed by atoms with Crippen molar-refractivity contribution in [2.24, 2.45) is 0 Å². The number of hydrogen-bond donors (Lipinski definition) is 1. The lowest BCUT2D eigenvalue weighted by molar-refractivity contribution is 0.0383. The van der Waals surface area contributed by atoms with Gasteiger partial charge >= 0.3 is 0 Å². The number of aromatic nitrogens is 1. The smallest absolute Gasteiger partial charge is 0.252 e. The van der Waals surface area contributed by atoms with E-state index in [1.165, 1.54) is 5.56 Å². The predicted octanol–water partition coefficient (Wildman–Crippen LogP) is 4.49. The minimum absolute atomic E-state index is 0.0891. The van der Waals surface area contributed by atoms with Gasteiger partial charge in [-0.15, -0.1) is 0 Å². The number of halogens is 1. The second-order valence-corrected chi connectivity index (χ2v) is 8.29. The lowest BCUT2D eigenvalue weighted by Crippen LogP contribution is -2.41. The second kappa shape index (κ2) is 9.77. The van der Waals surface area contributed by atoms with E-state index >= 15 is 0 Å². The fourth-order valence-electron chi connectivity index (χ4n) is 3.90. The molecule has 1 aliphatic rings. The van der Waals surface area contributed by atoms with E-state index in [0.29, 0.717) is 17.1 Å². The molecular formula is C25H28ClN3O2. The fourth-order valence-corrected chi connectivity index (χ4v) is 4.05. The van der Waals surface area contributed by atoms with Crippen LogP contribution in [0.4, 0.5) is 0 Å². The van der Waals surface area contributed by atoms with E-state index in [1.807, 2.05) is 25.1 Å². The summed E-state index contributed by atoms with van der Waals surface area (Å²) in [4.78, 5) is 20.3. The highest BCUT2D eigenvalue weighted by Crippen LogP contribution is 2.30. The molecular weight excluding hydrogens is 410 g/mol. The number of benzene rings is 2. The van der Waals surface area contributed by atoms with Crippen LogP contribution >= 0.6 is 11.6 Å². The molecule has 162 valence electrons. The van der Waals surface area contributed by atoms with Gasteiger partial charge in [0.1, 0.15) is 0 Å². The zero-order chi connectivity index (χ0) is 21.8. The number of morpholine rings is 1. The van der Waals surface area contributed by atoms with Crippen molar-refractivity contribution in [1.82, 2.24) is 15.2 Å². The highest BCUT2D eigenvalue weighted by molar-refractivity contribution is 6.32. The van der Waals surface area contributed by atoms with Gasteiger partial charge in [0.25, 0.3) is 5.91 Å². The normalized spacial score (nSPS) is 14.7. The molecule has 2 heterocycles. The van der Waals surface area contributed by atoms with E-state index < -0.39 is 0 Å². The van der Waals surface area contributed by atoms with Gasteiger partial charge in [0.05, 0.1) is 30.0 Å². The van der Waals surface area contributed by atoms with Gasteiger partial charge in [-0.3, -0.25) is 9.69 Å². The number of pyridine rings is 1. The average Bonchev–Trinajstić information content (AvgIpc) is 2.81. The number of rotatable bonds is 6. The first-order valence-corrected chi connectivity index (χ1v) is 11.2. The van der Waals surface area contributed by atoms with E-state index in [0.717, 1.165) is 67.0 Å². The van der Waals surface area contributed by atoms with Gasteiger partial charge in [0.2, 0.25) is 0 Å². The van der Waals surface area contributed by atoms with Crippen molar-refractivity contribution in [3.05, 3.63) is 64.2 Å². The van der Waals surface area contributed by atoms with Crippen LogP contribution in [0.3, 0.4) is 0 Å². The third-order valence-electron chi connectivity index (χ3n) is 5.89. The summed E-state index contributed by atoms with van der Waals surface area (Å²) in [5, 5.41) is 4.56. The Hall–Kier alpha value is -2.47. The Kier molecular flexibility index (Phi) is 6.86. The molecule has 1 aromatic heterocycles. The van der Waals surface area contributed by atoms with E-state index in [9.17, 15) is 4.79 Å². The molecule has 1 aliphatic heterocycles. The molecule has 4 rings (SSSR count). The van der Waals surface area contributed by atoms with Crippen LogP contribution in [0.2, 0.25) is 5.02 Å². The Morgan fingerprint density at radius 2 is 1.90 bits per heavy atom. The van der Waals surface area contributed by atoms with Gasteiger partial charge in [-0.25, -0.2) is 4.98 Å². The molecule has 31 heavy (non-hydrogen) atoms. The number of amides is 1. The molecule has 0 spiro atoms. The maximum absolute atomic E-state index is 13.2. The van der Waals surface area contributed by atoms with Gasteiger partial charge in [-0.05, 0) is 36.6 Å². The Morgan fingerprint density at radius 3 is 2.61 bits per heavy atom. The lowest BCUT2D eigenvalue weighted by atomic mass is 10.0. The Balaban J connectivity index is 1.65. The van der Waals surface area contributed by atoms with Crippen LogP contribution in [-0.2, 0) is 11.2 Å². The molecule has 0 atom stereocenters. The van der Waals surface area contributed by atoms with Crippen LogP contribution in [0.15, 0.2) is 42.5 Å². The molecule has 0 bridgehead atoms. The molecule has 0 radical (unpaired) electrons. The minimum atomic E-state index is -0.0891. The van der Waals surface area contributed by atoms with Crippen LogP contribution in [0, 0.1) is 6.92 Å². The van der Waals surface area contributed by atoms with Gasteiger partial charge < -0.3 is 10.1 Å². The number of aryl methyl sites for hydroxylation is 2. The Bertz CT molecular complexity index is 1080. The Morgan fingerprint density at radius 1 is 1.16 bits per heavy atom. The topological polar surface area (TPSA) is 54.5 Å². The van der Waals surface area contributed by atoms with Crippen molar-refractivity contribution in [2.45, 2.75) is 20.3 Å². The van der Waals surface area contributed by atoms with Crippen molar-refractivity contribution in [3.63, 3.8) is 0 Å². The van der Waals surface area contributed by atoms with Crippen molar-refractivity contribution in [1.29, 1.82) is 0 Å². The molecule has 3 aromatic rings. The second-order valence-electron chi connectivity index (χ2n) is 7.88. The first kappa shape index (κ1) is 21.8. The van der Waals surface area contributed by atoms with E-state index in [1.54, 1.807) is 0 Å². The minimum Gasteiger partial charge on any atom is -0.379 e. The zero-order valence-electron chi connectivity index (χ0n) is 18.1.